The van der Waals surface area contributed by atoms with Gasteiger partial charge in [0.05, 0.1) is 13.2 Å². The quantitative estimate of drug-likeness (QED) is 0.361. The number of likely N-dealkylation sites (tertiary alicyclic amines) is 1. The molecule has 1 aliphatic heterocycles. The molecular weight excluding hydrogens is 485 g/mol. The van der Waals surface area contributed by atoms with Crippen molar-refractivity contribution in [3.8, 4) is 11.5 Å². The zero-order chi connectivity index (χ0) is 19.9. The van der Waals surface area contributed by atoms with E-state index >= 15 is 0 Å². The molecule has 0 unspecified atom stereocenters. The molecule has 3 rings (SSSR count). The van der Waals surface area contributed by atoms with Gasteiger partial charge in [0, 0.05) is 24.7 Å². The van der Waals surface area contributed by atoms with Crippen LogP contribution in [0.3, 0.4) is 0 Å². The smallest absolute Gasteiger partial charge is 0.409 e. The lowest BCUT2D eigenvalue weighted by molar-refractivity contribution is 0.0963. The number of nitrogens with one attached hydrogen (secondary N) is 1. The number of nitrogens with zero attached hydrogens (tertiary/aromatic N) is 3. The van der Waals surface area contributed by atoms with Crippen LogP contribution in [0.25, 0.3) is 11.5 Å². The second-order valence-electron chi connectivity index (χ2n) is 6.82. The first-order valence-corrected chi connectivity index (χ1v) is 9.54. The van der Waals surface area contributed by atoms with Gasteiger partial charge in [-0.05, 0) is 38.8 Å². The minimum atomic E-state index is -0.252. The Kier molecular flexibility index (Phi) is 8.74. The molecule has 8 nitrogen and oxygen atoms in total. The second-order valence-corrected chi connectivity index (χ2v) is 6.82. The van der Waals surface area contributed by atoms with E-state index in [9.17, 15) is 4.79 Å². The number of halogens is 1. The third kappa shape index (κ3) is 6.62. The number of aryl methyl sites for hydroxylation is 1. The van der Waals surface area contributed by atoms with E-state index in [0.29, 0.717) is 38.1 Å². The summed E-state index contributed by atoms with van der Waals surface area (Å²) >= 11 is 0. The number of amides is 1. The SMILES string of the molecule is CCOC(=O)N1CCC(NC(N)=NCc2coc(-c3ccc(C)cc3)n2)CC1.I. The molecule has 2 aromatic rings. The van der Waals surface area contributed by atoms with Crippen molar-refractivity contribution in [3.63, 3.8) is 0 Å². The van der Waals surface area contributed by atoms with Crippen LogP contribution in [0.15, 0.2) is 39.9 Å². The van der Waals surface area contributed by atoms with Gasteiger partial charge in [-0.25, -0.2) is 14.8 Å². The Hall–Kier alpha value is -2.30. The van der Waals surface area contributed by atoms with Crippen LogP contribution in [0.1, 0.15) is 31.0 Å². The number of hydrogen-bond donors (Lipinski definition) is 2. The lowest BCUT2D eigenvalue weighted by Crippen LogP contribution is -2.48. The fourth-order valence-electron chi connectivity index (χ4n) is 3.05. The molecule has 0 spiro atoms. The average molecular weight is 513 g/mol. The van der Waals surface area contributed by atoms with E-state index in [-0.39, 0.29) is 36.1 Å². The molecule has 9 heteroatoms. The predicted molar refractivity (Wildman–Crippen MR) is 122 cm³/mol. The van der Waals surface area contributed by atoms with Crippen LogP contribution in [0.2, 0.25) is 0 Å². The highest BCUT2D eigenvalue weighted by Gasteiger charge is 2.23. The summed E-state index contributed by atoms with van der Waals surface area (Å²) in [7, 11) is 0. The van der Waals surface area contributed by atoms with Gasteiger partial charge < -0.3 is 25.1 Å². The van der Waals surface area contributed by atoms with Gasteiger partial charge in [0.1, 0.15) is 12.0 Å². The summed E-state index contributed by atoms with van der Waals surface area (Å²) in [5, 5.41) is 3.22. The van der Waals surface area contributed by atoms with Gasteiger partial charge in [0.25, 0.3) is 0 Å². The Morgan fingerprint density at radius 3 is 2.69 bits per heavy atom. The molecule has 0 saturated carbocycles. The number of benzene rings is 1. The highest BCUT2D eigenvalue weighted by Crippen LogP contribution is 2.19. The van der Waals surface area contributed by atoms with Crippen molar-refractivity contribution in [2.45, 2.75) is 39.3 Å². The number of nitrogens with two attached hydrogens (primary N) is 1. The summed E-state index contributed by atoms with van der Waals surface area (Å²) < 4.78 is 10.6. The third-order valence-corrected chi connectivity index (χ3v) is 4.63. The largest absolute Gasteiger partial charge is 0.450 e. The Morgan fingerprint density at radius 2 is 2.03 bits per heavy atom. The maximum atomic E-state index is 11.7. The van der Waals surface area contributed by atoms with Crippen molar-refractivity contribution >= 4 is 36.0 Å². The zero-order valence-electron chi connectivity index (χ0n) is 16.8. The minimum Gasteiger partial charge on any atom is -0.450 e. The van der Waals surface area contributed by atoms with Gasteiger partial charge in [-0.2, -0.15) is 0 Å². The molecule has 29 heavy (non-hydrogen) atoms. The molecule has 158 valence electrons. The van der Waals surface area contributed by atoms with Crippen molar-refractivity contribution in [2.24, 2.45) is 10.7 Å². The highest BCUT2D eigenvalue weighted by molar-refractivity contribution is 14.0. The van der Waals surface area contributed by atoms with Crippen molar-refractivity contribution in [1.82, 2.24) is 15.2 Å². The number of piperidine rings is 1. The van der Waals surface area contributed by atoms with Gasteiger partial charge >= 0.3 is 6.09 Å². The number of aromatic nitrogens is 1. The fourth-order valence-corrected chi connectivity index (χ4v) is 3.05. The van der Waals surface area contributed by atoms with Crippen molar-refractivity contribution in [1.29, 1.82) is 0 Å². The Morgan fingerprint density at radius 1 is 1.34 bits per heavy atom. The van der Waals surface area contributed by atoms with Crippen LogP contribution in [-0.2, 0) is 11.3 Å². The highest BCUT2D eigenvalue weighted by atomic mass is 127. The van der Waals surface area contributed by atoms with Crippen LogP contribution < -0.4 is 11.1 Å². The van der Waals surface area contributed by atoms with E-state index in [1.807, 2.05) is 38.1 Å². The summed E-state index contributed by atoms with van der Waals surface area (Å²) in [5.74, 6) is 0.942. The number of ether oxygens (including phenoxy) is 1. The minimum absolute atomic E-state index is 0. The lowest BCUT2D eigenvalue weighted by atomic mass is 10.1. The molecule has 1 fully saturated rings. The molecular formula is C20H28IN5O3. The number of oxazole rings is 1. The molecule has 1 aliphatic rings. The van der Waals surface area contributed by atoms with Gasteiger partial charge in [-0.1, -0.05) is 17.7 Å². The van der Waals surface area contributed by atoms with Crippen LogP contribution in [0.5, 0.6) is 0 Å². The van der Waals surface area contributed by atoms with Crippen LogP contribution in [0, 0.1) is 6.92 Å². The first-order valence-electron chi connectivity index (χ1n) is 9.54. The molecule has 0 radical (unpaired) electrons. The van der Waals surface area contributed by atoms with E-state index in [1.54, 1.807) is 11.2 Å². The first-order chi connectivity index (χ1) is 13.5. The van der Waals surface area contributed by atoms with E-state index < -0.39 is 0 Å². The number of rotatable bonds is 5. The number of carbonyl (C=O) groups excluding carboxylic acids is 1. The average Bonchev–Trinajstić information content (AvgIpc) is 3.17. The van der Waals surface area contributed by atoms with E-state index in [2.05, 4.69) is 15.3 Å². The van der Waals surface area contributed by atoms with Gasteiger partial charge in [0.2, 0.25) is 5.89 Å². The van der Waals surface area contributed by atoms with Crippen LogP contribution >= 0.6 is 24.0 Å². The third-order valence-electron chi connectivity index (χ3n) is 4.63. The van der Waals surface area contributed by atoms with Gasteiger partial charge in [-0.3, -0.25) is 0 Å². The number of aliphatic imine (C=N–C) groups is 1. The maximum Gasteiger partial charge on any atom is 0.409 e. The summed E-state index contributed by atoms with van der Waals surface area (Å²) in [6.45, 7) is 5.87. The van der Waals surface area contributed by atoms with Crippen molar-refractivity contribution in [2.75, 3.05) is 19.7 Å². The second kappa shape index (κ2) is 11.0. The van der Waals surface area contributed by atoms with Crippen molar-refractivity contribution in [3.05, 3.63) is 41.8 Å². The molecule has 3 N–H and O–H groups in total. The van der Waals surface area contributed by atoms with Crippen LogP contribution in [-0.4, -0.2) is 47.7 Å². The monoisotopic (exact) mass is 513 g/mol. The molecule has 0 bridgehead atoms. The lowest BCUT2D eigenvalue weighted by Gasteiger charge is -2.31. The molecule has 0 aliphatic carbocycles. The predicted octanol–water partition coefficient (Wildman–Crippen LogP) is 3.29. The topological polar surface area (TPSA) is 106 Å². The molecule has 1 aromatic heterocycles. The standard InChI is InChI=1S/C20H27N5O3.HI/c1-3-27-20(26)25-10-8-16(9-11-25)24-19(21)22-12-17-13-28-18(23-17)15-6-4-14(2)5-7-15;/h4-7,13,16H,3,8-12H2,1-2H3,(H3,21,22,24);1H. The first kappa shape index (κ1) is 23.0. The van der Waals surface area contributed by atoms with E-state index in [0.717, 1.165) is 24.1 Å². The zero-order valence-corrected chi connectivity index (χ0v) is 19.1. The van der Waals surface area contributed by atoms with Crippen LogP contribution in [0.4, 0.5) is 4.79 Å². The Labute approximate surface area is 187 Å². The number of guanidine groups is 1. The van der Waals surface area contributed by atoms with Crippen molar-refractivity contribution < 1.29 is 13.9 Å². The van der Waals surface area contributed by atoms with Gasteiger partial charge in [-0.15, -0.1) is 24.0 Å². The van der Waals surface area contributed by atoms with Gasteiger partial charge in [0.15, 0.2) is 5.96 Å². The summed E-state index contributed by atoms with van der Waals surface area (Å²) in [6.07, 6.45) is 2.95. The Balaban J connectivity index is 0.00000300. The normalized spacial score (nSPS) is 15.0. The molecule has 2 heterocycles. The Bertz CT molecular complexity index is 814. The summed E-state index contributed by atoms with van der Waals surface area (Å²) in [4.78, 5) is 22.3. The molecule has 0 atom stereocenters. The summed E-state index contributed by atoms with van der Waals surface area (Å²) in [5.41, 5.74) is 8.84. The number of carbonyl (C=O) groups is 1. The van der Waals surface area contributed by atoms with E-state index in [1.165, 1.54) is 5.56 Å². The van der Waals surface area contributed by atoms with E-state index in [4.69, 9.17) is 14.9 Å². The summed E-state index contributed by atoms with van der Waals surface area (Å²) in [6, 6.07) is 8.19. The molecule has 1 amide bonds. The molecule has 1 aromatic carbocycles. The number of hydrogen-bond acceptors (Lipinski definition) is 5. The fraction of sp³-hybridized carbons (Fsp3) is 0.450. The molecule has 1 saturated heterocycles. The maximum absolute atomic E-state index is 11.7.